The van der Waals surface area contributed by atoms with Crippen molar-refractivity contribution < 1.29 is 4.79 Å². The van der Waals surface area contributed by atoms with Crippen LogP contribution in [0.15, 0.2) is 66.3 Å². The lowest BCUT2D eigenvalue weighted by molar-refractivity contribution is -0.121. The number of carbonyl (C=O) groups is 1. The predicted octanol–water partition coefficient (Wildman–Crippen LogP) is 3.48. The van der Waals surface area contributed by atoms with Gasteiger partial charge in [-0.15, -0.1) is 11.3 Å². The van der Waals surface area contributed by atoms with Crippen LogP contribution in [0.3, 0.4) is 0 Å². The standard InChI is InChI=1S/C19H16N4OS/c24-18(22-12-15-6-3-4-8-20-15)13-23-16-7-2-1-5-14(16)11-17(23)19-21-9-10-25-19/h1-11H,12-13H2,(H,22,24). The van der Waals surface area contributed by atoms with Crippen molar-refractivity contribution in [2.75, 3.05) is 0 Å². The number of nitrogens with one attached hydrogen (secondary N) is 1. The van der Waals surface area contributed by atoms with E-state index in [0.717, 1.165) is 27.3 Å². The van der Waals surface area contributed by atoms with Gasteiger partial charge in [-0.2, -0.15) is 0 Å². The van der Waals surface area contributed by atoms with E-state index in [2.05, 4.69) is 27.4 Å². The van der Waals surface area contributed by atoms with Gasteiger partial charge < -0.3 is 9.88 Å². The molecule has 1 aromatic carbocycles. The second kappa shape index (κ2) is 6.86. The van der Waals surface area contributed by atoms with Crippen LogP contribution in [0, 0.1) is 0 Å². The van der Waals surface area contributed by atoms with Crippen LogP contribution in [-0.4, -0.2) is 20.4 Å². The molecule has 6 heteroatoms. The predicted molar refractivity (Wildman–Crippen MR) is 99.1 cm³/mol. The minimum Gasteiger partial charge on any atom is -0.349 e. The number of para-hydroxylation sites is 1. The molecule has 0 unspecified atom stereocenters. The van der Waals surface area contributed by atoms with Gasteiger partial charge >= 0.3 is 0 Å². The number of pyridine rings is 1. The maximum Gasteiger partial charge on any atom is 0.240 e. The molecule has 0 spiro atoms. The Kier molecular flexibility index (Phi) is 4.26. The summed E-state index contributed by atoms with van der Waals surface area (Å²) in [4.78, 5) is 21.1. The van der Waals surface area contributed by atoms with Crippen LogP contribution >= 0.6 is 11.3 Å². The lowest BCUT2D eigenvalue weighted by Gasteiger charge is -2.10. The molecule has 5 nitrogen and oxygen atoms in total. The number of carbonyl (C=O) groups excluding carboxylic acids is 1. The van der Waals surface area contributed by atoms with Crippen molar-refractivity contribution in [3.63, 3.8) is 0 Å². The van der Waals surface area contributed by atoms with Gasteiger partial charge in [-0.1, -0.05) is 24.3 Å². The van der Waals surface area contributed by atoms with Gasteiger partial charge in [-0.05, 0) is 24.3 Å². The summed E-state index contributed by atoms with van der Waals surface area (Å²) >= 11 is 1.57. The van der Waals surface area contributed by atoms with E-state index in [1.807, 2.05) is 46.3 Å². The van der Waals surface area contributed by atoms with Crippen LogP contribution in [0.1, 0.15) is 5.69 Å². The highest BCUT2D eigenvalue weighted by Gasteiger charge is 2.15. The molecular formula is C19H16N4OS. The summed E-state index contributed by atoms with van der Waals surface area (Å²) in [5, 5.41) is 6.89. The summed E-state index contributed by atoms with van der Waals surface area (Å²) < 4.78 is 2.02. The van der Waals surface area contributed by atoms with Crippen molar-refractivity contribution >= 4 is 28.1 Å². The van der Waals surface area contributed by atoms with Crippen molar-refractivity contribution in [1.29, 1.82) is 0 Å². The summed E-state index contributed by atoms with van der Waals surface area (Å²) in [6.07, 6.45) is 3.50. The smallest absolute Gasteiger partial charge is 0.240 e. The average Bonchev–Trinajstić information content (AvgIpc) is 3.29. The van der Waals surface area contributed by atoms with Gasteiger partial charge in [0, 0.05) is 28.7 Å². The first-order chi connectivity index (χ1) is 12.3. The van der Waals surface area contributed by atoms with Crippen molar-refractivity contribution in [3.8, 4) is 10.7 Å². The normalized spacial score (nSPS) is 10.9. The van der Waals surface area contributed by atoms with Crippen LogP contribution in [0.25, 0.3) is 21.6 Å². The molecule has 0 saturated carbocycles. The number of hydrogen-bond acceptors (Lipinski definition) is 4. The molecule has 0 bridgehead atoms. The average molecular weight is 348 g/mol. The zero-order valence-electron chi connectivity index (χ0n) is 13.4. The number of thiazole rings is 1. The molecule has 0 aliphatic rings. The Morgan fingerprint density at radius 3 is 2.76 bits per heavy atom. The van der Waals surface area contributed by atoms with Gasteiger partial charge in [0.05, 0.1) is 17.9 Å². The first-order valence-electron chi connectivity index (χ1n) is 7.96. The highest BCUT2D eigenvalue weighted by atomic mass is 32.1. The maximum absolute atomic E-state index is 12.5. The number of benzene rings is 1. The summed E-state index contributed by atoms with van der Waals surface area (Å²) in [7, 11) is 0. The summed E-state index contributed by atoms with van der Waals surface area (Å²) in [5.41, 5.74) is 2.83. The van der Waals surface area contributed by atoms with E-state index in [1.165, 1.54) is 0 Å². The highest BCUT2D eigenvalue weighted by molar-refractivity contribution is 7.13. The van der Waals surface area contributed by atoms with Crippen LogP contribution in [0.2, 0.25) is 0 Å². The number of hydrogen-bond donors (Lipinski definition) is 1. The molecule has 3 aromatic heterocycles. The minimum absolute atomic E-state index is 0.0511. The number of fused-ring (bicyclic) bond motifs is 1. The Hall–Kier alpha value is -2.99. The first-order valence-corrected chi connectivity index (χ1v) is 8.84. The Morgan fingerprint density at radius 1 is 1.08 bits per heavy atom. The molecule has 0 aliphatic heterocycles. The molecule has 124 valence electrons. The van der Waals surface area contributed by atoms with Crippen molar-refractivity contribution in [1.82, 2.24) is 19.9 Å². The van der Waals surface area contributed by atoms with Gasteiger partial charge in [0.1, 0.15) is 11.6 Å². The van der Waals surface area contributed by atoms with E-state index < -0.39 is 0 Å². The molecule has 4 aromatic rings. The quantitative estimate of drug-likeness (QED) is 0.601. The summed E-state index contributed by atoms with van der Waals surface area (Å²) in [5.74, 6) is -0.0511. The number of nitrogens with zero attached hydrogens (tertiary/aromatic N) is 3. The zero-order valence-corrected chi connectivity index (χ0v) is 14.2. The lowest BCUT2D eigenvalue weighted by Crippen LogP contribution is -2.27. The maximum atomic E-state index is 12.5. The van der Waals surface area contributed by atoms with E-state index in [-0.39, 0.29) is 12.5 Å². The second-order valence-corrected chi connectivity index (χ2v) is 6.50. The van der Waals surface area contributed by atoms with Gasteiger partial charge in [0.25, 0.3) is 0 Å². The molecule has 0 aliphatic carbocycles. The Bertz CT molecular complexity index is 993. The van der Waals surface area contributed by atoms with E-state index in [1.54, 1.807) is 23.7 Å². The van der Waals surface area contributed by atoms with Gasteiger partial charge in [-0.3, -0.25) is 9.78 Å². The molecule has 0 saturated heterocycles. The van der Waals surface area contributed by atoms with Crippen LogP contribution < -0.4 is 5.32 Å². The monoisotopic (exact) mass is 348 g/mol. The SMILES string of the molecule is O=C(Cn1c(-c2nccs2)cc2ccccc21)NCc1ccccn1. The number of amides is 1. The zero-order chi connectivity index (χ0) is 17.1. The molecule has 0 atom stereocenters. The fourth-order valence-corrected chi connectivity index (χ4v) is 3.46. The van der Waals surface area contributed by atoms with E-state index in [9.17, 15) is 4.79 Å². The third-order valence-corrected chi connectivity index (χ3v) is 4.75. The fraction of sp³-hybridized carbons (Fsp3) is 0.105. The Balaban J connectivity index is 1.60. The molecule has 1 N–H and O–H groups in total. The largest absolute Gasteiger partial charge is 0.349 e. The van der Waals surface area contributed by atoms with E-state index in [0.29, 0.717) is 6.54 Å². The Labute approximate surface area is 149 Å². The fourth-order valence-electron chi connectivity index (χ4n) is 2.80. The molecular weight excluding hydrogens is 332 g/mol. The summed E-state index contributed by atoms with van der Waals surface area (Å²) in [6.45, 7) is 0.667. The molecule has 3 heterocycles. The van der Waals surface area contributed by atoms with Crippen LogP contribution in [0.5, 0.6) is 0 Å². The molecule has 0 radical (unpaired) electrons. The third kappa shape index (κ3) is 3.29. The summed E-state index contributed by atoms with van der Waals surface area (Å²) in [6, 6.07) is 15.8. The van der Waals surface area contributed by atoms with Crippen LogP contribution in [0.4, 0.5) is 0 Å². The van der Waals surface area contributed by atoms with Gasteiger partial charge in [0.2, 0.25) is 5.91 Å². The number of rotatable bonds is 5. The minimum atomic E-state index is -0.0511. The topological polar surface area (TPSA) is 59.8 Å². The highest BCUT2D eigenvalue weighted by Crippen LogP contribution is 2.29. The van der Waals surface area contributed by atoms with Crippen molar-refractivity contribution in [2.24, 2.45) is 0 Å². The first kappa shape index (κ1) is 15.5. The van der Waals surface area contributed by atoms with E-state index in [4.69, 9.17) is 0 Å². The van der Waals surface area contributed by atoms with Gasteiger partial charge in [0.15, 0.2) is 0 Å². The Morgan fingerprint density at radius 2 is 1.96 bits per heavy atom. The van der Waals surface area contributed by atoms with Crippen molar-refractivity contribution in [3.05, 3.63) is 72.0 Å². The van der Waals surface area contributed by atoms with E-state index >= 15 is 0 Å². The lowest BCUT2D eigenvalue weighted by atomic mass is 10.2. The second-order valence-electron chi connectivity index (χ2n) is 5.61. The van der Waals surface area contributed by atoms with Gasteiger partial charge in [-0.25, -0.2) is 4.98 Å². The molecule has 1 amide bonds. The van der Waals surface area contributed by atoms with Crippen LogP contribution in [-0.2, 0) is 17.9 Å². The van der Waals surface area contributed by atoms with Crippen molar-refractivity contribution in [2.45, 2.75) is 13.1 Å². The number of aromatic nitrogens is 3. The molecule has 4 rings (SSSR count). The molecule has 0 fully saturated rings. The third-order valence-electron chi connectivity index (χ3n) is 3.96. The molecule has 25 heavy (non-hydrogen) atoms.